The molecular formula is C25H31F2N5O. The number of likely N-dealkylation sites (tertiary alicyclic amines) is 1. The van der Waals surface area contributed by atoms with Crippen molar-refractivity contribution in [2.24, 2.45) is 12.0 Å². The van der Waals surface area contributed by atoms with Gasteiger partial charge < -0.3 is 4.57 Å². The zero-order valence-corrected chi connectivity index (χ0v) is 19.1. The first-order chi connectivity index (χ1) is 15.9. The number of amides is 2. The van der Waals surface area contributed by atoms with Crippen LogP contribution in [0.1, 0.15) is 50.6 Å². The largest absolute Gasteiger partial charge is 0.353 e. The normalized spacial score (nSPS) is 25.8. The van der Waals surface area contributed by atoms with Gasteiger partial charge in [-0.25, -0.2) is 13.6 Å². The number of aliphatic imine (C=N–C) groups is 1. The summed E-state index contributed by atoms with van der Waals surface area (Å²) in [6, 6.07) is 7.25. The molecule has 1 N–H and O–H groups in total. The lowest BCUT2D eigenvalue weighted by Gasteiger charge is -2.44. The number of nitrogens with zero attached hydrogens (tertiary/aromatic N) is 4. The average molecular weight is 456 g/mol. The second-order valence-corrected chi connectivity index (χ2v) is 9.62. The average Bonchev–Trinajstić information content (AvgIpc) is 3.28. The van der Waals surface area contributed by atoms with Gasteiger partial charge in [0.05, 0.1) is 11.7 Å². The molecule has 8 heteroatoms. The quantitative estimate of drug-likeness (QED) is 0.733. The fourth-order valence-corrected chi connectivity index (χ4v) is 5.68. The molecule has 33 heavy (non-hydrogen) atoms. The van der Waals surface area contributed by atoms with E-state index in [9.17, 15) is 13.6 Å². The van der Waals surface area contributed by atoms with Crippen LogP contribution in [0.25, 0.3) is 0 Å². The van der Waals surface area contributed by atoms with Crippen LogP contribution in [0.3, 0.4) is 0 Å². The van der Waals surface area contributed by atoms with Gasteiger partial charge in [0.15, 0.2) is 0 Å². The van der Waals surface area contributed by atoms with Crippen LogP contribution in [0.5, 0.6) is 0 Å². The third kappa shape index (κ3) is 4.28. The van der Waals surface area contributed by atoms with Gasteiger partial charge in [-0.3, -0.25) is 20.1 Å². The summed E-state index contributed by atoms with van der Waals surface area (Å²) < 4.78 is 30.4. The van der Waals surface area contributed by atoms with Gasteiger partial charge in [0.1, 0.15) is 23.0 Å². The molecule has 1 aromatic heterocycles. The Hall–Kier alpha value is -2.74. The third-order valence-corrected chi connectivity index (χ3v) is 7.28. The molecule has 2 saturated heterocycles. The molecule has 1 unspecified atom stereocenters. The summed E-state index contributed by atoms with van der Waals surface area (Å²) in [6.07, 6.45) is 9.10. The summed E-state index contributed by atoms with van der Waals surface area (Å²) in [4.78, 5) is 22.2. The van der Waals surface area contributed by atoms with Gasteiger partial charge >= 0.3 is 6.03 Å². The molecule has 1 spiro atoms. The Morgan fingerprint density at radius 2 is 1.88 bits per heavy atom. The van der Waals surface area contributed by atoms with Gasteiger partial charge in [-0.2, -0.15) is 0 Å². The summed E-state index contributed by atoms with van der Waals surface area (Å²) in [5.41, 5.74) is 0.649. The van der Waals surface area contributed by atoms with E-state index < -0.39 is 17.2 Å². The Labute approximate surface area is 193 Å². The van der Waals surface area contributed by atoms with Crippen molar-refractivity contribution >= 4 is 17.6 Å². The fraction of sp³-hybridized carbons (Fsp3) is 0.520. The molecular weight excluding hydrogens is 424 g/mol. The molecule has 3 aliphatic rings. The number of benzene rings is 1. The first-order valence-electron chi connectivity index (χ1n) is 11.9. The smallest absolute Gasteiger partial charge is 0.328 e. The van der Waals surface area contributed by atoms with Crippen LogP contribution in [-0.2, 0) is 13.6 Å². The van der Waals surface area contributed by atoms with Crippen molar-refractivity contribution in [2.45, 2.75) is 63.1 Å². The maximum atomic E-state index is 14.2. The molecule has 2 aliphatic heterocycles. The molecule has 3 heterocycles. The van der Waals surface area contributed by atoms with Gasteiger partial charge in [0.25, 0.3) is 0 Å². The zero-order valence-electron chi connectivity index (χ0n) is 19.1. The molecule has 6 nitrogen and oxygen atoms in total. The van der Waals surface area contributed by atoms with E-state index in [4.69, 9.17) is 4.99 Å². The molecule has 2 amide bonds. The van der Waals surface area contributed by atoms with Gasteiger partial charge in [-0.15, -0.1) is 0 Å². The van der Waals surface area contributed by atoms with E-state index >= 15 is 0 Å². The molecule has 1 aromatic carbocycles. The van der Waals surface area contributed by atoms with Gasteiger partial charge in [-0.1, -0.05) is 19.3 Å². The molecule has 0 bridgehead atoms. The molecule has 5 rings (SSSR count). The van der Waals surface area contributed by atoms with E-state index in [0.29, 0.717) is 18.8 Å². The summed E-state index contributed by atoms with van der Waals surface area (Å²) >= 11 is 0. The lowest BCUT2D eigenvalue weighted by atomic mass is 9.86. The highest BCUT2D eigenvalue weighted by molar-refractivity contribution is 6.19. The number of carbonyl (C=O) groups is 1. The highest BCUT2D eigenvalue weighted by Crippen LogP contribution is 2.38. The number of amidine groups is 1. The number of nitrogens with one attached hydrogen (secondary N) is 1. The molecule has 176 valence electrons. The SMILES string of the molecule is Cn1cccc1CN1CCCC2(C1)C(=NC1CCCCC1)NC(=O)N2c1cc(F)cc(F)c1. The standard InChI is InChI=1S/C25H31F2N5O/c1-30-11-5-9-21(30)16-31-12-6-10-25(17-31)23(28-20-7-3-2-4-8-20)29-24(33)32(25)22-14-18(26)13-19(27)15-22/h5,9,11,13-15,20H,2-4,6-8,10,12,16-17H2,1H3,(H,28,29,33). The van der Waals surface area contributed by atoms with Crippen LogP contribution in [-0.4, -0.2) is 46.0 Å². The number of urea groups is 1. The van der Waals surface area contributed by atoms with Crippen LogP contribution < -0.4 is 10.2 Å². The fourth-order valence-electron chi connectivity index (χ4n) is 5.68. The van der Waals surface area contributed by atoms with Crippen molar-refractivity contribution in [3.05, 3.63) is 53.9 Å². The maximum absolute atomic E-state index is 14.2. The number of aromatic nitrogens is 1. The topological polar surface area (TPSA) is 52.9 Å². The summed E-state index contributed by atoms with van der Waals surface area (Å²) in [5.74, 6) is -0.732. The monoisotopic (exact) mass is 455 g/mol. The molecule has 1 atom stereocenters. The van der Waals surface area contributed by atoms with Crippen LogP contribution in [0, 0.1) is 11.6 Å². The van der Waals surface area contributed by atoms with Crippen molar-refractivity contribution < 1.29 is 13.6 Å². The Balaban J connectivity index is 1.54. The predicted octanol–water partition coefficient (Wildman–Crippen LogP) is 4.60. The number of hydrogen-bond acceptors (Lipinski definition) is 3. The van der Waals surface area contributed by atoms with E-state index in [-0.39, 0.29) is 17.8 Å². The molecule has 1 saturated carbocycles. The number of carbonyl (C=O) groups excluding carboxylic acids is 1. The van der Waals surface area contributed by atoms with Crippen LogP contribution >= 0.6 is 0 Å². The second-order valence-electron chi connectivity index (χ2n) is 9.62. The minimum Gasteiger partial charge on any atom is -0.353 e. The number of anilines is 1. The minimum absolute atomic E-state index is 0.179. The Morgan fingerprint density at radius 1 is 1.12 bits per heavy atom. The third-order valence-electron chi connectivity index (χ3n) is 7.28. The Bertz CT molecular complexity index is 1040. The van der Waals surface area contributed by atoms with Crippen LogP contribution in [0.4, 0.5) is 19.3 Å². The molecule has 2 aromatic rings. The molecule has 3 fully saturated rings. The predicted molar refractivity (Wildman–Crippen MR) is 124 cm³/mol. The molecule has 1 aliphatic carbocycles. The first-order valence-corrected chi connectivity index (χ1v) is 11.9. The summed E-state index contributed by atoms with van der Waals surface area (Å²) in [5, 5.41) is 3.00. The molecule has 0 radical (unpaired) electrons. The van der Waals surface area contributed by atoms with Crippen molar-refractivity contribution in [1.29, 1.82) is 0 Å². The van der Waals surface area contributed by atoms with E-state index in [0.717, 1.165) is 51.3 Å². The highest BCUT2D eigenvalue weighted by atomic mass is 19.1. The minimum atomic E-state index is -0.766. The van der Waals surface area contributed by atoms with Crippen molar-refractivity contribution in [1.82, 2.24) is 14.8 Å². The van der Waals surface area contributed by atoms with E-state index in [1.54, 1.807) is 4.90 Å². The highest BCUT2D eigenvalue weighted by Gasteiger charge is 2.54. The van der Waals surface area contributed by atoms with Gasteiger partial charge in [-0.05, 0) is 56.5 Å². The lowest BCUT2D eigenvalue weighted by Crippen LogP contribution is -2.60. The summed E-state index contributed by atoms with van der Waals surface area (Å²) in [6.45, 7) is 2.19. The van der Waals surface area contributed by atoms with Crippen LogP contribution in [0.15, 0.2) is 41.5 Å². The number of halogens is 2. The van der Waals surface area contributed by atoms with Crippen molar-refractivity contribution in [2.75, 3.05) is 18.0 Å². The van der Waals surface area contributed by atoms with E-state index in [1.807, 2.05) is 19.3 Å². The van der Waals surface area contributed by atoms with E-state index in [2.05, 4.69) is 20.9 Å². The summed E-state index contributed by atoms with van der Waals surface area (Å²) in [7, 11) is 2.02. The van der Waals surface area contributed by atoms with Crippen LogP contribution in [0.2, 0.25) is 0 Å². The second kappa shape index (κ2) is 8.89. The maximum Gasteiger partial charge on any atom is 0.328 e. The Morgan fingerprint density at radius 3 is 2.58 bits per heavy atom. The number of piperidine rings is 1. The zero-order chi connectivity index (χ0) is 23.0. The lowest BCUT2D eigenvalue weighted by molar-refractivity contribution is 0.173. The van der Waals surface area contributed by atoms with E-state index in [1.165, 1.54) is 24.2 Å². The van der Waals surface area contributed by atoms with Crippen molar-refractivity contribution in [3.63, 3.8) is 0 Å². The first kappa shape index (κ1) is 22.1. The van der Waals surface area contributed by atoms with Crippen molar-refractivity contribution in [3.8, 4) is 0 Å². The van der Waals surface area contributed by atoms with Gasteiger partial charge in [0.2, 0.25) is 0 Å². The number of aryl methyl sites for hydroxylation is 1. The number of hydrogen-bond donors (Lipinski definition) is 1. The van der Waals surface area contributed by atoms with Gasteiger partial charge in [0, 0.05) is 38.1 Å². The number of rotatable bonds is 4. The Kier molecular flexibility index (Phi) is 5.95.